The number of ether oxygens (including phenoxy) is 3. The summed E-state index contributed by atoms with van der Waals surface area (Å²) < 4.78 is 15.6. The molecule has 1 aliphatic heterocycles. The molecule has 0 unspecified atom stereocenters. The van der Waals surface area contributed by atoms with Gasteiger partial charge in [0.15, 0.2) is 0 Å². The minimum atomic E-state index is -0.988. The number of β-amino-alcohol motifs (C(OH)–C–C–N with tert-alkyl or cyclic N) is 2. The maximum Gasteiger partial charge on any atom is 0.425 e. The maximum absolute atomic E-state index is 12.2. The lowest BCUT2D eigenvalue weighted by molar-refractivity contribution is -0.145. The van der Waals surface area contributed by atoms with Crippen LogP contribution >= 0.6 is 0 Å². The van der Waals surface area contributed by atoms with Crippen molar-refractivity contribution in [2.45, 2.75) is 38.6 Å². The number of hydrazine groups is 1. The van der Waals surface area contributed by atoms with Gasteiger partial charge in [0.25, 0.3) is 0 Å². The Labute approximate surface area is 131 Å². The summed E-state index contributed by atoms with van der Waals surface area (Å²) in [5, 5.41) is 22.5. The smallest absolute Gasteiger partial charge is 0.425 e. The predicted octanol–water partition coefficient (Wildman–Crippen LogP) is -0.161. The predicted molar refractivity (Wildman–Crippen MR) is 79.2 cm³/mol. The number of rotatable bonds is 6. The summed E-state index contributed by atoms with van der Waals surface area (Å²) in [4.78, 5) is 12.2. The number of amides is 1. The molecule has 130 valence electrons. The molecule has 2 atom stereocenters. The third-order valence-electron chi connectivity index (χ3n) is 3.07. The van der Waals surface area contributed by atoms with Crippen LogP contribution in [0.3, 0.4) is 0 Å². The second-order valence-electron chi connectivity index (χ2n) is 6.21. The van der Waals surface area contributed by atoms with Crippen molar-refractivity contribution in [2.24, 2.45) is 0 Å². The highest BCUT2D eigenvalue weighted by molar-refractivity contribution is 5.67. The van der Waals surface area contributed by atoms with E-state index in [4.69, 9.17) is 14.2 Å². The summed E-state index contributed by atoms with van der Waals surface area (Å²) >= 11 is 0. The highest BCUT2D eigenvalue weighted by Gasteiger charge is 2.36. The minimum absolute atomic E-state index is 0.00580. The molecule has 0 radical (unpaired) electrons. The van der Waals surface area contributed by atoms with E-state index >= 15 is 0 Å². The number of aliphatic hydroxyl groups excluding tert-OH is 2. The molecule has 0 aromatic heterocycles. The molecule has 1 fully saturated rings. The Morgan fingerprint density at radius 3 is 2.36 bits per heavy atom. The molecule has 0 saturated carbocycles. The Morgan fingerprint density at radius 2 is 1.77 bits per heavy atom. The second-order valence-corrected chi connectivity index (χ2v) is 6.21. The van der Waals surface area contributed by atoms with Gasteiger partial charge in [0.1, 0.15) is 11.7 Å². The monoisotopic (exact) mass is 320 g/mol. The number of nitrogens with zero attached hydrogens (tertiary/aromatic N) is 2. The lowest BCUT2D eigenvalue weighted by atomic mass is 10.1. The number of hydrogen-bond acceptors (Lipinski definition) is 7. The Morgan fingerprint density at radius 1 is 1.14 bits per heavy atom. The summed E-state index contributed by atoms with van der Waals surface area (Å²) in [6.45, 7) is 7.22. The van der Waals surface area contributed by atoms with Gasteiger partial charge in [-0.25, -0.2) is 14.8 Å². The molecule has 2 N–H and O–H groups in total. The van der Waals surface area contributed by atoms with E-state index in [-0.39, 0.29) is 13.1 Å². The van der Waals surface area contributed by atoms with Gasteiger partial charge in [0.2, 0.25) is 0 Å². The number of aliphatic hydroxyl groups is 2. The fourth-order valence-electron chi connectivity index (χ4n) is 1.98. The van der Waals surface area contributed by atoms with Crippen LogP contribution in [-0.4, -0.2) is 90.7 Å². The molecule has 0 spiro atoms. The van der Waals surface area contributed by atoms with Crippen LogP contribution in [-0.2, 0) is 14.2 Å². The van der Waals surface area contributed by atoms with E-state index in [9.17, 15) is 15.0 Å². The Bertz CT molecular complexity index is 347. The lowest BCUT2D eigenvalue weighted by Crippen LogP contribution is -2.61. The molecule has 1 aliphatic rings. The van der Waals surface area contributed by atoms with Crippen molar-refractivity contribution < 1.29 is 29.2 Å². The van der Waals surface area contributed by atoms with Crippen molar-refractivity contribution in [3.05, 3.63) is 0 Å². The van der Waals surface area contributed by atoms with Gasteiger partial charge in [-0.15, -0.1) is 0 Å². The number of methoxy groups -OCH3 is 1. The zero-order chi connectivity index (χ0) is 16.8. The molecule has 1 amide bonds. The zero-order valence-electron chi connectivity index (χ0n) is 13.8. The molecule has 0 aromatic carbocycles. The van der Waals surface area contributed by atoms with E-state index in [1.54, 1.807) is 32.9 Å². The van der Waals surface area contributed by atoms with E-state index in [0.29, 0.717) is 26.4 Å². The molecule has 1 saturated heterocycles. The molecule has 1 rings (SSSR count). The Kier molecular flexibility index (Phi) is 7.51. The summed E-state index contributed by atoms with van der Waals surface area (Å²) in [5.74, 6) is 0. The van der Waals surface area contributed by atoms with Crippen molar-refractivity contribution in [1.82, 2.24) is 10.0 Å². The summed E-state index contributed by atoms with van der Waals surface area (Å²) in [7, 11) is 1.59. The van der Waals surface area contributed by atoms with Gasteiger partial charge in [0.05, 0.1) is 32.5 Å². The quantitative estimate of drug-likeness (QED) is 0.657. The van der Waals surface area contributed by atoms with Crippen molar-refractivity contribution in [3.63, 3.8) is 0 Å². The van der Waals surface area contributed by atoms with Gasteiger partial charge in [-0.1, -0.05) is 0 Å². The van der Waals surface area contributed by atoms with Crippen LogP contribution in [0.2, 0.25) is 0 Å². The third-order valence-corrected chi connectivity index (χ3v) is 3.07. The fraction of sp³-hybridized carbons (Fsp3) is 0.929. The molecule has 0 aliphatic carbocycles. The Hall–Kier alpha value is -0.930. The van der Waals surface area contributed by atoms with Gasteiger partial charge >= 0.3 is 6.09 Å². The summed E-state index contributed by atoms with van der Waals surface area (Å²) in [6.07, 6.45) is -2.44. The first kappa shape index (κ1) is 19.1. The van der Waals surface area contributed by atoms with Crippen LogP contribution in [0.4, 0.5) is 4.79 Å². The lowest BCUT2D eigenvalue weighted by Gasteiger charge is -2.42. The largest absolute Gasteiger partial charge is 0.443 e. The second kappa shape index (κ2) is 8.64. The van der Waals surface area contributed by atoms with Crippen LogP contribution in [0.15, 0.2) is 0 Å². The van der Waals surface area contributed by atoms with Gasteiger partial charge in [-0.3, -0.25) is 0 Å². The first-order chi connectivity index (χ1) is 10.2. The normalized spacial score (nSPS) is 23.6. The van der Waals surface area contributed by atoms with Crippen LogP contribution in [0.5, 0.6) is 0 Å². The standard InChI is InChI=1S/C14H28N2O6/c1-14(2,3)22-13(19)16-10-12(18)11(17)9-15(16)5-6-21-8-7-20-4/h11-12,17-18H,5-10H2,1-4H3/t11-,12+/m1/s1. The van der Waals surface area contributed by atoms with Crippen molar-refractivity contribution in [2.75, 3.05) is 46.6 Å². The van der Waals surface area contributed by atoms with Gasteiger partial charge < -0.3 is 24.4 Å². The van der Waals surface area contributed by atoms with Crippen molar-refractivity contribution in [3.8, 4) is 0 Å². The van der Waals surface area contributed by atoms with E-state index in [2.05, 4.69) is 0 Å². The SMILES string of the molecule is COCCOCCN1C[C@@H](O)[C@@H](O)CN1C(=O)OC(C)(C)C. The van der Waals surface area contributed by atoms with E-state index in [0.717, 1.165) is 0 Å². The third kappa shape index (κ3) is 6.45. The van der Waals surface area contributed by atoms with Gasteiger partial charge in [-0.05, 0) is 20.8 Å². The van der Waals surface area contributed by atoms with Gasteiger partial charge in [0, 0.05) is 20.2 Å². The molecule has 8 heteroatoms. The van der Waals surface area contributed by atoms with E-state index < -0.39 is 23.9 Å². The molecule has 8 nitrogen and oxygen atoms in total. The first-order valence-electron chi connectivity index (χ1n) is 7.43. The highest BCUT2D eigenvalue weighted by Crippen LogP contribution is 2.17. The molecule has 22 heavy (non-hydrogen) atoms. The molecular weight excluding hydrogens is 292 g/mol. The van der Waals surface area contributed by atoms with Crippen molar-refractivity contribution >= 4 is 6.09 Å². The Balaban J connectivity index is 2.57. The minimum Gasteiger partial charge on any atom is -0.443 e. The molecule has 0 bridgehead atoms. The fourth-order valence-corrected chi connectivity index (χ4v) is 1.98. The van der Waals surface area contributed by atoms with Crippen LogP contribution < -0.4 is 0 Å². The van der Waals surface area contributed by atoms with Crippen LogP contribution in [0.25, 0.3) is 0 Å². The first-order valence-corrected chi connectivity index (χ1v) is 7.43. The highest BCUT2D eigenvalue weighted by atomic mass is 16.6. The maximum atomic E-state index is 12.2. The van der Waals surface area contributed by atoms with E-state index in [1.165, 1.54) is 5.01 Å². The average Bonchev–Trinajstić information content (AvgIpc) is 2.40. The number of carbonyl (C=O) groups is 1. The number of hydrogen-bond donors (Lipinski definition) is 2. The summed E-state index contributed by atoms with van der Waals surface area (Å²) in [6, 6.07) is 0. The molecular formula is C14H28N2O6. The van der Waals surface area contributed by atoms with Crippen LogP contribution in [0, 0.1) is 0 Å². The number of carbonyl (C=O) groups excluding carboxylic acids is 1. The van der Waals surface area contributed by atoms with E-state index in [1.807, 2.05) is 0 Å². The average molecular weight is 320 g/mol. The molecule has 0 aromatic rings. The van der Waals surface area contributed by atoms with Crippen molar-refractivity contribution in [1.29, 1.82) is 0 Å². The topological polar surface area (TPSA) is 91.7 Å². The summed E-state index contributed by atoms with van der Waals surface area (Å²) in [5.41, 5.74) is -0.626. The molecule has 1 heterocycles. The van der Waals surface area contributed by atoms with Crippen LogP contribution in [0.1, 0.15) is 20.8 Å². The zero-order valence-corrected chi connectivity index (χ0v) is 13.8. The van der Waals surface area contributed by atoms with Gasteiger partial charge in [-0.2, -0.15) is 0 Å².